The molecule has 5 heteroatoms. The molecular weight excluding hydrogens is 278 g/mol. The molecule has 0 radical (unpaired) electrons. The molecule has 5 nitrogen and oxygen atoms in total. The van der Waals surface area contributed by atoms with Crippen LogP contribution < -0.4 is 5.32 Å². The Labute approximate surface area is 127 Å². The van der Waals surface area contributed by atoms with Crippen LogP contribution in [0.15, 0.2) is 59.8 Å². The lowest BCUT2D eigenvalue weighted by molar-refractivity contribution is 0.102. The van der Waals surface area contributed by atoms with E-state index in [1.807, 2.05) is 37.3 Å². The van der Waals surface area contributed by atoms with E-state index in [1.54, 1.807) is 12.1 Å². The maximum atomic E-state index is 12.3. The van der Waals surface area contributed by atoms with Gasteiger partial charge in [-0.05, 0) is 48.5 Å². The Kier molecular flexibility index (Phi) is 3.62. The second-order valence-electron chi connectivity index (χ2n) is 4.92. The van der Waals surface area contributed by atoms with E-state index in [9.17, 15) is 9.70 Å². The third-order valence-electron chi connectivity index (χ3n) is 3.34. The average molecular weight is 291 g/mol. The second kappa shape index (κ2) is 5.73. The molecule has 22 heavy (non-hydrogen) atoms. The number of aromatic nitrogens is 1. The van der Waals surface area contributed by atoms with Crippen molar-refractivity contribution in [3.63, 3.8) is 0 Å². The minimum atomic E-state index is -0.256. The Balaban J connectivity index is 1.93. The highest BCUT2D eigenvalue weighted by Crippen LogP contribution is 2.22. The van der Waals surface area contributed by atoms with Gasteiger partial charge < -0.3 is 5.32 Å². The van der Waals surface area contributed by atoms with Crippen LogP contribution in [-0.4, -0.2) is 10.9 Å². The number of nitrogens with zero attached hydrogens (tertiary/aromatic N) is 2. The third-order valence-corrected chi connectivity index (χ3v) is 3.34. The maximum absolute atomic E-state index is 12.3. The molecule has 0 saturated heterocycles. The fraction of sp³-hybridized carbons (Fsp3) is 0.0588. The molecule has 0 aliphatic rings. The molecule has 0 saturated carbocycles. The Morgan fingerprint density at radius 1 is 1.05 bits per heavy atom. The summed E-state index contributed by atoms with van der Waals surface area (Å²) >= 11 is 0. The molecule has 0 aliphatic heterocycles. The summed E-state index contributed by atoms with van der Waals surface area (Å²) in [6, 6.07) is 15.7. The minimum Gasteiger partial charge on any atom is -0.320 e. The minimum absolute atomic E-state index is 0.256. The summed E-state index contributed by atoms with van der Waals surface area (Å²) in [6.45, 7) is 1.91. The number of fused-ring (bicyclic) bond motifs is 1. The quantitative estimate of drug-likeness (QED) is 0.735. The van der Waals surface area contributed by atoms with Gasteiger partial charge in [0, 0.05) is 16.6 Å². The molecule has 1 N–H and O–H groups in total. The van der Waals surface area contributed by atoms with Crippen molar-refractivity contribution in [2.75, 3.05) is 5.32 Å². The molecule has 3 aromatic rings. The van der Waals surface area contributed by atoms with Crippen molar-refractivity contribution in [2.24, 2.45) is 5.18 Å². The molecule has 0 fully saturated rings. The first-order chi connectivity index (χ1) is 10.7. The van der Waals surface area contributed by atoms with Crippen LogP contribution in [0.1, 0.15) is 16.1 Å². The predicted molar refractivity (Wildman–Crippen MR) is 86.3 cm³/mol. The molecule has 1 amide bonds. The lowest BCUT2D eigenvalue weighted by atomic mass is 10.1. The fourth-order valence-corrected chi connectivity index (χ4v) is 2.21. The third kappa shape index (κ3) is 2.69. The van der Waals surface area contributed by atoms with Gasteiger partial charge in [0.05, 0.1) is 11.2 Å². The maximum Gasteiger partial charge on any atom is 0.255 e. The van der Waals surface area contributed by atoms with E-state index in [0.29, 0.717) is 16.9 Å². The number of rotatable bonds is 3. The van der Waals surface area contributed by atoms with E-state index in [0.717, 1.165) is 16.6 Å². The summed E-state index contributed by atoms with van der Waals surface area (Å²) < 4.78 is 0. The number of hydrogen-bond donors (Lipinski definition) is 1. The van der Waals surface area contributed by atoms with Gasteiger partial charge in [0.1, 0.15) is 5.69 Å². The van der Waals surface area contributed by atoms with Crippen LogP contribution in [0.5, 0.6) is 0 Å². The van der Waals surface area contributed by atoms with Crippen molar-refractivity contribution >= 4 is 28.2 Å². The number of carbonyl (C=O) groups excluding carboxylic acids is 1. The molecule has 0 bridgehead atoms. The number of nitroso groups, excluding NO2 is 1. The highest BCUT2D eigenvalue weighted by molar-refractivity contribution is 6.08. The molecule has 0 aliphatic carbocycles. The van der Waals surface area contributed by atoms with Crippen LogP contribution >= 0.6 is 0 Å². The summed E-state index contributed by atoms with van der Waals surface area (Å²) in [7, 11) is 0. The molecular formula is C17H13N3O2. The van der Waals surface area contributed by atoms with Crippen molar-refractivity contribution in [1.29, 1.82) is 0 Å². The van der Waals surface area contributed by atoms with Gasteiger partial charge in [0.25, 0.3) is 5.91 Å². The van der Waals surface area contributed by atoms with Crippen LogP contribution in [0.25, 0.3) is 10.9 Å². The normalized spacial score (nSPS) is 10.4. The lowest BCUT2D eigenvalue weighted by Crippen LogP contribution is -2.12. The first-order valence-electron chi connectivity index (χ1n) is 6.78. The van der Waals surface area contributed by atoms with Crippen molar-refractivity contribution in [3.8, 4) is 0 Å². The van der Waals surface area contributed by atoms with Gasteiger partial charge in [0.2, 0.25) is 0 Å². The molecule has 2 aromatic carbocycles. The summed E-state index contributed by atoms with van der Waals surface area (Å²) in [5.41, 5.74) is 3.04. The first kappa shape index (κ1) is 13.9. The largest absolute Gasteiger partial charge is 0.320 e. The van der Waals surface area contributed by atoms with Crippen molar-refractivity contribution < 1.29 is 4.79 Å². The molecule has 3 rings (SSSR count). The first-order valence-corrected chi connectivity index (χ1v) is 6.78. The van der Waals surface area contributed by atoms with Crippen LogP contribution in [0.4, 0.5) is 11.4 Å². The second-order valence-corrected chi connectivity index (χ2v) is 4.92. The standard InChI is InChI=1S/C17H13N3O2/c1-11-5-6-12-3-2-4-15(16(12)18-11)19-17(21)13-7-9-14(20-22)10-8-13/h2-10H,1H3,(H,19,21). The van der Waals surface area contributed by atoms with Crippen LogP contribution in [0.2, 0.25) is 0 Å². The van der Waals surface area contributed by atoms with Gasteiger partial charge in [-0.3, -0.25) is 9.78 Å². The van der Waals surface area contributed by atoms with Gasteiger partial charge in [-0.2, -0.15) is 0 Å². The number of amides is 1. The smallest absolute Gasteiger partial charge is 0.255 e. The monoisotopic (exact) mass is 291 g/mol. The van der Waals surface area contributed by atoms with Crippen LogP contribution in [0.3, 0.4) is 0 Å². The molecule has 108 valence electrons. The molecule has 1 aromatic heterocycles. The van der Waals surface area contributed by atoms with Crippen LogP contribution in [-0.2, 0) is 0 Å². The Morgan fingerprint density at radius 3 is 2.55 bits per heavy atom. The summed E-state index contributed by atoms with van der Waals surface area (Å²) in [4.78, 5) is 27.2. The van der Waals surface area contributed by atoms with E-state index in [4.69, 9.17) is 0 Å². The van der Waals surface area contributed by atoms with Crippen molar-refractivity contribution in [3.05, 3.63) is 70.8 Å². The van der Waals surface area contributed by atoms with E-state index < -0.39 is 0 Å². The lowest BCUT2D eigenvalue weighted by Gasteiger charge is -2.08. The van der Waals surface area contributed by atoms with Gasteiger partial charge >= 0.3 is 0 Å². The Morgan fingerprint density at radius 2 is 1.82 bits per heavy atom. The van der Waals surface area contributed by atoms with E-state index in [2.05, 4.69) is 15.5 Å². The number of aryl methyl sites for hydroxylation is 1. The SMILES string of the molecule is Cc1ccc2cccc(NC(=O)c3ccc(N=O)cc3)c2n1. The van der Waals surface area contributed by atoms with Crippen LogP contribution in [0, 0.1) is 11.8 Å². The zero-order valence-corrected chi connectivity index (χ0v) is 11.9. The van der Waals surface area contributed by atoms with Gasteiger partial charge in [-0.1, -0.05) is 18.2 Å². The highest BCUT2D eigenvalue weighted by Gasteiger charge is 2.09. The van der Waals surface area contributed by atoms with Gasteiger partial charge in [0.15, 0.2) is 0 Å². The zero-order chi connectivity index (χ0) is 15.5. The average Bonchev–Trinajstić information content (AvgIpc) is 2.55. The summed E-state index contributed by atoms with van der Waals surface area (Å²) in [6.07, 6.45) is 0. The Bertz CT molecular complexity index is 857. The van der Waals surface area contributed by atoms with Gasteiger partial charge in [-0.15, -0.1) is 4.91 Å². The molecule has 0 atom stereocenters. The zero-order valence-electron chi connectivity index (χ0n) is 11.9. The topological polar surface area (TPSA) is 71.4 Å². The molecule has 0 spiro atoms. The molecule has 1 heterocycles. The predicted octanol–water partition coefficient (Wildman–Crippen LogP) is 4.19. The van der Waals surface area contributed by atoms with Crippen molar-refractivity contribution in [1.82, 2.24) is 4.98 Å². The number of anilines is 1. The number of carbonyl (C=O) groups is 1. The summed E-state index contributed by atoms with van der Waals surface area (Å²) in [5, 5.41) is 6.63. The number of pyridine rings is 1. The number of benzene rings is 2. The number of nitrogens with one attached hydrogen (secondary N) is 1. The Hall–Kier alpha value is -3.08. The number of hydrogen-bond acceptors (Lipinski definition) is 4. The van der Waals surface area contributed by atoms with Crippen molar-refractivity contribution in [2.45, 2.75) is 6.92 Å². The highest BCUT2D eigenvalue weighted by atomic mass is 16.3. The number of para-hydroxylation sites is 1. The van der Waals surface area contributed by atoms with E-state index in [-0.39, 0.29) is 5.91 Å². The van der Waals surface area contributed by atoms with E-state index >= 15 is 0 Å². The van der Waals surface area contributed by atoms with Gasteiger partial charge in [-0.25, -0.2) is 0 Å². The fourth-order valence-electron chi connectivity index (χ4n) is 2.21. The summed E-state index contributed by atoms with van der Waals surface area (Å²) in [5.74, 6) is -0.256. The molecule has 0 unspecified atom stereocenters. The van der Waals surface area contributed by atoms with E-state index in [1.165, 1.54) is 12.1 Å².